The largest absolute Gasteiger partial charge is 0.420 e. The van der Waals surface area contributed by atoms with Crippen molar-refractivity contribution in [1.82, 2.24) is 25.7 Å². The van der Waals surface area contributed by atoms with E-state index < -0.39 is 0 Å². The van der Waals surface area contributed by atoms with E-state index in [9.17, 15) is 4.79 Å². The van der Waals surface area contributed by atoms with Gasteiger partial charge in [0.05, 0.1) is 5.69 Å². The van der Waals surface area contributed by atoms with Gasteiger partial charge in [0.1, 0.15) is 11.3 Å². The number of aryl methyl sites for hydroxylation is 2. The number of amides is 1. The molecule has 1 saturated carbocycles. The summed E-state index contributed by atoms with van der Waals surface area (Å²) in [5, 5.41) is 15.4. The maximum Gasteiger partial charge on any atom is 0.256 e. The lowest BCUT2D eigenvalue weighted by Gasteiger charge is -2.26. The van der Waals surface area contributed by atoms with Crippen LogP contribution in [0.1, 0.15) is 66.2 Å². The fraction of sp³-hybridized carbons (Fsp3) is 0.476. The number of nitrogens with one attached hydrogen (secondary N) is 1. The van der Waals surface area contributed by atoms with Crippen LogP contribution in [0.4, 0.5) is 0 Å². The highest BCUT2D eigenvalue weighted by molar-refractivity contribution is 5.96. The van der Waals surface area contributed by atoms with Crippen LogP contribution in [0.25, 0.3) is 11.5 Å². The van der Waals surface area contributed by atoms with Crippen molar-refractivity contribution in [1.29, 1.82) is 0 Å². The van der Waals surface area contributed by atoms with Gasteiger partial charge in [-0.1, -0.05) is 12.1 Å². The second kappa shape index (κ2) is 8.55. The first-order chi connectivity index (χ1) is 14.2. The molecule has 1 N–H and O–H groups in total. The number of carbonyl (C=O) groups excluding carboxylic acids is 1. The molecule has 3 aromatic heterocycles. The summed E-state index contributed by atoms with van der Waals surface area (Å²) >= 11 is 0. The molecule has 1 aliphatic rings. The molecule has 0 atom stereocenters. The molecule has 8 heteroatoms. The Hall–Kier alpha value is -3.03. The normalized spacial score (nSPS) is 19.2. The van der Waals surface area contributed by atoms with E-state index in [2.05, 4.69) is 25.7 Å². The first-order valence-electron chi connectivity index (χ1n) is 10.1. The van der Waals surface area contributed by atoms with Crippen LogP contribution in [-0.2, 0) is 6.42 Å². The molecule has 1 aliphatic carbocycles. The van der Waals surface area contributed by atoms with Crippen LogP contribution >= 0.6 is 0 Å². The van der Waals surface area contributed by atoms with Crippen LogP contribution in [0.3, 0.4) is 0 Å². The molecule has 0 spiro atoms. The highest BCUT2D eigenvalue weighted by Gasteiger charge is 2.27. The monoisotopic (exact) mass is 395 g/mol. The van der Waals surface area contributed by atoms with Gasteiger partial charge in [-0.3, -0.25) is 9.78 Å². The van der Waals surface area contributed by atoms with Crippen molar-refractivity contribution in [2.45, 2.75) is 51.9 Å². The first-order valence-corrected chi connectivity index (χ1v) is 10.1. The molecule has 0 radical (unpaired) electrons. The maximum atomic E-state index is 12.5. The number of nitrogens with zero attached hydrogens (tertiary/aromatic N) is 4. The second-order valence-electron chi connectivity index (χ2n) is 7.53. The molecule has 3 heterocycles. The van der Waals surface area contributed by atoms with Crippen LogP contribution in [0.15, 0.2) is 33.5 Å². The molecule has 29 heavy (non-hydrogen) atoms. The molecular formula is C21H25N5O3. The van der Waals surface area contributed by atoms with Crippen molar-refractivity contribution < 1.29 is 13.7 Å². The quantitative estimate of drug-likeness (QED) is 0.678. The molecule has 0 saturated heterocycles. The molecule has 1 amide bonds. The van der Waals surface area contributed by atoms with Gasteiger partial charge < -0.3 is 14.3 Å². The Labute approximate surface area is 169 Å². The number of hydrogen-bond donors (Lipinski definition) is 1. The first kappa shape index (κ1) is 19.3. The topological polar surface area (TPSA) is 107 Å². The van der Waals surface area contributed by atoms with Gasteiger partial charge in [-0.15, -0.1) is 10.2 Å². The Kier molecular flexibility index (Phi) is 5.69. The molecule has 0 unspecified atom stereocenters. The van der Waals surface area contributed by atoms with E-state index in [-0.39, 0.29) is 11.8 Å². The number of carbonyl (C=O) groups is 1. The third-order valence-corrected chi connectivity index (χ3v) is 5.60. The Morgan fingerprint density at radius 1 is 1.17 bits per heavy atom. The molecule has 1 fully saturated rings. The Morgan fingerprint density at radius 3 is 2.66 bits per heavy atom. The summed E-state index contributed by atoms with van der Waals surface area (Å²) in [6.45, 7) is 4.41. The van der Waals surface area contributed by atoms with Crippen LogP contribution in [0, 0.1) is 12.8 Å². The lowest BCUT2D eigenvalue weighted by Crippen LogP contribution is -2.31. The predicted molar refractivity (Wildman–Crippen MR) is 105 cm³/mol. The SMILES string of the molecule is CCc1onc(C)c1C(=O)NCC1CCC(c2nnc(-c3ccncc3)o2)CC1. The van der Waals surface area contributed by atoms with Crippen LogP contribution < -0.4 is 5.32 Å². The summed E-state index contributed by atoms with van der Waals surface area (Å²) in [6.07, 6.45) is 8.06. The standard InChI is InChI=1S/C21H25N5O3/c1-3-17-18(13(2)26-29-17)19(27)23-12-14-4-6-15(7-5-14)20-24-25-21(28-20)16-8-10-22-11-9-16/h8-11,14-15H,3-7,12H2,1-2H3,(H,23,27). The van der Waals surface area contributed by atoms with Crippen molar-refractivity contribution >= 4 is 5.91 Å². The zero-order valence-electron chi connectivity index (χ0n) is 16.7. The molecule has 152 valence electrons. The summed E-state index contributed by atoms with van der Waals surface area (Å²) in [7, 11) is 0. The minimum atomic E-state index is -0.0957. The fourth-order valence-electron chi connectivity index (χ4n) is 3.90. The maximum absolute atomic E-state index is 12.5. The highest BCUT2D eigenvalue weighted by atomic mass is 16.5. The van der Waals surface area contributed by atoms with Gasteiger partial charge in [-0.2, -0.15) is 0 Å². The summed E-state index contributed by atoms with van der Waals surface area (Å²) in [5.41, 5.74) is 2.10. The van der Waals surface area contributed by atoms with Crippen molar-refractivity contribution in [3.8, 4) is 11.5 Å². The average molecular weight is 395 g/mol. The number of aromatic nitrogens is 4. The van der Waals surface area contributed by atoms with E-state index in [1.54, 1.807) is 19.3 Å². The number of rotatable bonds is 6. The molecule has 0 aliphatic heterocycles. The lowest BCUT2D eigenvalue weighted by molar-refractivity contribution is 0.0940. The molecule has 3 aromatic rings. The minimum Gasteiger partial charge on any atom is -0.420 e. The summed E-state index contributed by atoms with van der Waals surface area (Å²) in [4.78, 5) is 16.5. The van der Waals surface area contributed by atoms with E-state index in [1.807, 2.05) is 19.1 Å². The van der Waals surface area contributed by atoms with Gasteiger partial charge in [0.15, 0.2) is 0 Å². The summed E-state index contributed by atoms with van der Waals surface area (Å²) in [5.74, 6) is 2.51. The van der Waals surface area contributed by atoms with E-state index in [1.165, 1.54) is 0 Å². The van der Waals surface area contributed by atoms with E-state index >= 15 is 0 Å². The summed E-state index contributed by atoms with van der Waals surface area (Å²) in [6, 6.07) is 3.72. The minimum absolute atomic E-state index is 0.0957. The van der Waals surface area contributed by atoms with Crippen molar-refractivity contribution in [2.24, 2.45) is 5.92 Å². The van der Waals surface area contributed by atoms with Crippen LogP contribution in [0.5, 0.6) is 0 Å². The predicted octanol–water partition coefficient (Wildman–Crippen LogP) is 3.69. The average Bonchev–Trinajstić information content (AvgIpc) is 3.40. The van der Waals surface area contributed by atoms with Gasteiger partial charge in [0.25, 0.3) is 5.91 Å². The van der Waals surface area contributed by atoms with Crippen molar-refractivity contribution in [2.75, 3.05) is 6.54 Å². The van der Waals surface area contributed by atoms with Crippen molar-refractivity contribution in [3.63, 3.8) is 0 Å². The number of hydrogen-bond acceptors (Lipinski definition) is 7. The van der Waals surface area contributed by atoms with E-state index in [4.69, 9.17) is 8.94 Å². The lowest BCUT2D eigenvalue weighted by atomic mass is 9.82. The fourth-order valence-corrected chi connectivity index (χ4v) is 3.90. The van der Waals surface area contributed by atoms with Gasteiger partial charge in [0, 0.05) is 36.8 Å². The molecule has 0 aromatic carbocycles. The van der Waals surface area contributed by atoms with Gasteiger partial charge in [-0.25, -0.2) is 0 Å². The molecule has 0 bridgehead atoms. The van der Waals surface area contributed by atoms with E-state index in [0.29, 0.717) is 47.7 Å². The Morgan fingerprint density at radius 2 is 1.93 bits per heavy atom. The summed E-state index contributed by atoms with van der Waals surface area (Å²) < 4.78 is 11.1. The van der Waals surface area contributed by atoms with Crippen LogP contribution in [-0.4, -0.2) is 32.8 Å². The van der Waals surface area contributed by atoms with Crippen LogP contribution in [0.2, 0.25) is 0 Å². The molecular weight excluding hydrogens is 370 g/mol. The Balaban J connectivity index is 1.29. The third kappa shape index (κ3) is 4.21. The van der Waals surface area contributed by atoms with E-state index in [0.717, 1.165) is 31.2 Å². The molecule has 4 rings (SSSR count). The zero-order chi connectivity index (χ0) is 20.2. The number of pyridine rings is 1. The Bertz CT molecular complexity index is 958. The third-order valence-electron chi connectivity index (χ3n) is 5.60. The van der Waals surface area contributed by atoms with Gasteiger partial charge >= 0.3 is 0 Å². The van der Waals surface area contributed by atoms with Crippen molar-refractivity contribution in [3.05, 3.63) is 47.4 Å². The zero-order valence-corrected chi connectivity index (χ0v) is 16.7. The van der Waals surface area contributed by atoms with Gasteiger partial charge in [-0.05, 0) is 50.7 Å². The highest BCUT2D eigenvalue weighted by Crippen LogP contribution is 2.35. The van der Waals surface area contributed by atoms with Gasteiger partial charge in [0.2, 0.25) is 11.8 Å². The smallest absolute Gasteiger partial charge is 0.256 e. The molecule has 8 nitrogen and oxygen atoms in total. The second-order valence-corrected chi connectivity index (χ2v) is 7.53.